The van der Waals surface area contributed by atoms with Gasteiger partial charge in [-0.05, 0) is 18.2 Å². The van der Waals surface area contributed by atoms with Gasteiger partial charge in [0.1, 0.15) is 0 Å². The molecule has 0 spiro atoms. The summed E-state index contributed by atoms with van der Waals surface area (Å²) in [6, 6.07) is 7.73. The molecule has 1 aliphatic heterocycles. The summed E-state index contributed by atoms with van der Waals surface area (Å²) in [4.78, 5) is 22.3. The number of benzene rings is 1. The van der Waals surface area contributed by atoms with Gasteiger partial charge < -0.3 is 14.8 Å². The molecule has 0 saturated heterocycles. The number of nitrogens with one attached hydrogen (secondary N) is 1. The standard InChI is InChI=1S/C12H8N2O5S/c15-12(10-3-4-11(20-10)14(16)17)13-7-1-2-8-9(5-7)19-6-18-8/h1-5H,6H2,(H,13,15). The molecule has 1 N–H and O–H groups in total. The average Bonchev–Trinajstić information content (AvgIpc) is 3.07. The molecule has 0 bridgehead atoms. The van der Waals surface area contributed by atoms with E-state index in [1.807, 2.05) is 0 Å². The van der Waals surface area contributed by atoms with Crippen molar-refractivity contribution in [1.82, 2.24) is 0 Å². The highest BCUT2D eigenvalue weighted by Crippen LogP contribution is 2.34. The molecule has 0 fully saturated rings. The van der Waals surface area contributed by atoms with E-state index in [2.05, 4.69) is 5.32 Å². The summed E-state index contributed by atoms with van der Waals surface area (Å²) in [5.74, 6) is 0.775. The number of rotatable bonds is 3. The Morgan fingerprint density at radius 1 is 1.25 bits per heavy atom. The number of thiophene rings is 1. The van der Waals surface area contributed by atoms with Crippen LogP contribution in [0.1, 0.15) is 9.67 Å². The van der Waals surface area contributed by atoms with Crippen LogP contribution < -0.4 is 14.8 Å². The highest BCUT2D eigenvalue weighted by atomic mass is 32.1. The van der Waals surface area contributed by atoms with Crippen LogP contribution in [0.4, 0.5) is 10.7 Å². The van der Waals surface area contributed by atoms with Crippen molar-refractivity contribution in [3.63, 3.8) is 0 Å². The van der Waals surface area contributed by atoms with Crippen molar-refractivity contribution in [2.45, 2.75) is 0 Å². The predicted octanol–water partition coefficient (Wildman–Crippen LogP) is 2.64. The zero-order chi connectivity index (χ0) is 14.1. The average molecular weight is 292 g/mol. The molecule has 0 saturated carbocycles. The quantitative estimate of drug-likeness (QED) is 0.693. The smallest absolute Gasteiger partial charge is 0.324 e. The first-order valence-electron chi connectivity index (χ1n) is 5.59. The van der Waals surface area contributed by atoms with Crippen molar-refractivity contribution in [1.29, 1.82) is 0 Å². The fraction of sp³-hybridized carbons (Fsp3) is 0.0833. The third kappa shape index (κ3) is 2.28. The lowest BCUT2D eigenvalue weighted by atomic mass is 10.2. The number of amides is 1. The summed E-state index contributed by atoms with van der Waals surface area (Å²) in [7, 11) is 0. The summed E-state index contributed by atoms with van der Waals surface area (Å²) >= 11 is 0.827. The molecule has 0 radical (unpaired) electrons. The minimum Gasteiger partial charge on any atom is -0.454 e. The molecule has 1 aromatic heterocycles. The number of nitrogens with zero attached hydrogens (tertiary/aromatic N) is 1. The van der Waals surface area contributed by atoms with Gasteiger partial charge in [-0.3, -0.25) is 14.9 Å². The van der Waals surface area contributed by atoms with Crippen LogP contribution in [-0.4, -0.2) is 17.6 Å². The lowest BCUT2D eigenvalue weighted by Crippen LogP contribution is -2.09. The normalized spacial score (nSPS) is 12.2. The van der Waals surface area contributed by atoms with Gasteiger partial charge in [0.25, 0.3) is 5.91 Å². The second-order valence-electron chi connectivity index (χ2n) is 3.92. The summed E-state index contributed by atoms with van der Waals surface area (Å²) in [6.45, 7) is 0.157. The predicted molar refractivity (Wildman–Crippen MR) is 71.5 cm³/mol. The molecule has 1 amide bonds. The van der Waals surface area contributed by atoms with Crippen molar-refractivity contribution in [2.24, 2.45) is 0 Å². The molecule has 1 aliphatic rings. The first-order valence-corrected chi connectivity index (χ1v) is 6.40. The van der Waals surface area contributed by atoms with Gasteiger partial charge >= 0.3 is 5.00 Å². The van der Waals surface area contributed by atoms with Gasteiger partial charge in [0.2, 0.25) is 6.79 Å². The Hall–Kier alpha value is -2.61. The Balaban J connectivity index is 1.76. The van der Waals surface area contributed by atoms with Gasteiger partial charge in [0.05, 0.1) is 9.80 Å². The van der Waals surface area contributed by atoms with Crippen LogP contribution in [-0.2, 0) is 0 Å². The molecule has 3 rings (SSSR count). The van der Waals surface area contributed by atoms with Crippen molar-refractivity contribution < 1.29 is 19.2 Å². The number of carbonyl (C=O) groups is 1. The highest BCUT2D eigenvalue weighted by molar-refractivity contribution is 7.17. The molecule has 2 heterocycles. The monoisotopic (exact) mass is 292 g/mol. The number of ether oxygens (including phenoxy) is 2. The van der Waals surface area contributed by atoms with Crippen molar-refractivity contribution in [2.75, 3.05) is 12.1 Å². The summed E-state index contributed by atoms with van der Waals surface area (Å²) in [6.07, 6.45) is 0. The van der Waals surface area contributed by atoms with Gasteiger partial charge in [0, 0.05) is 17.8 Å². The maximum atomic E-state index is 12.0. The van der Waals surface area contributed by atoms with E-state index >= 15 is 0 Å². The molecular formula is C12H8N2O5S. The second-order valence-corrected chi connectivity index (χ2v) is 4.98. The number of anilines is 1. The number of hydrogen-bond acceptors (Lipinski definition) is 6. The van der Waals surface area contributed by atoms with E-state index in [0.717, 1.165) is 11.3 Å². The summed E-state index contributed by atoms with van der Waals surface area (Å²) in [5, 5.41) is 13.2. The summed E-state index contributed by atoms with van der Waals surface area (Å²) in [5.41, 5.74) is 0.537. The molecule has 7 nitrogen and oxygen atoms in total. The molecule has 0 atom stereocenters. The molecule has 102 valence electrons. The summed E-state index contributed by atoms with van der Waals surface area (Å²) < 4.78 is 10.4. The van der Waals surface area contributed by atoms with Crippen molar-refractivity contribution in [3.8, 4) is 11.5 Å². The van der Waals surface area contributed by atoms with E-state index < -0.39 is 10.8 Å². The highest BCUT2D eigenvalue weighted by Gasteiger charge is 2.17. The molecule has 20 heavy (non-hydrogen) atoms. The third-order valence-corrected chi connectivity index (χ3v) is 3.66. The van der Waals surface area contributed by atoms with Crippen LogP contribution in [0.2, 0.25) is 0 Å². The fourth-order valence-electron chi connectivity index (χ4n) is 1.71. The van der Waals surface area contributed by atoms with E-state index in [4.69, 9.17) is 9.47 Å². The number of nitro groups is 1. The Morgan fingerprint density at radius 3 is 2.80 bits per heavy atom. The number of fused-ring (bicyclic) bond motifs is 1. The largest absolute Gasteiger partial charge is 0.454 e. The van der Waals surface area contributed by atoms with Gasteiger partial charge in [-0.2, -0.15) is 0 Å². The third-order valence-electron chi connectivity index (χ3n) is 2.63. The van der Waals surface area contributed by atoms with E-state index in [1.165, 1.54) is 12.1 Å². The van der Waals surface area contributed by atoms with E-state index in [-0.39, 0.29) is 16.7 Å². The van der Waals surface area contributed by atoms with Gasteiger partial charge in [-0.25, -0.2) is 0 Å². The van der Waals surface area contributed by atoms with Crippen LogP contribution >= 0.6 is 11.3 Å². The molecule has 8 heteroatoms. The zero-order valence-electron chi connectivity index (χ0n) is 9.99. The molecule has 0 unspecified atom stereocenters. The first-order chi connectivity index (χ1) is 9.63. The molecule has 0 aliphatic carbocycles. The minimum absolute atomic E-state index is 0.0687. The Labute approximate surface area is 116 Å². The maximum Gasteiger partial charge on any atom is 0.324 e. The van der Waals surface area contributed by atoms with Crippen LogP contribution in [0.5, 0.6) is 11.5 Å². The first kappa shape index (κ1) is 12.4. The fourth-order valence-corrected chi connectivity index (χ4v) is 2.43. The Kier molecular flexibility index (Phi) is 2.99. The van der Waals surface area contributed by atoms with Gasteiger partial charge in [0.15, 0.2) is 11.5 Å². The SMILES string of the molecule is O=C(Nc1ccc2c(c1)OCO2)c1ccc([N+](=O)[O-])s1. The van der Waals surface area contributed by atoms with Crippen molar-refractivity contribution in [3.05, 3.63) is 45.3 Å². The van der Waals surface area contributed by atoms with Gasteiger partial charge in [-0.1, -0.05) is 11.3 Å². The second kappa shape index (κ2) is 4.82. The van der Waals surface area contributed by atoms with Crippen molar-refractivity contribution >= 4 is 27.9 Å². The number of hydrogen-bond donors (Lipinski definition) is 1. The van der Waals surface area contributed by atoms with Crippen LogP contribution in [0, 0.1) is 10.1 Å². The van der Waals surface area contributed by atoms with Gasteiger partial charge in [-0.15, -0.1) is 0 Å². The number of carbonyl (C=O) groups excluding carboxylic acids is 1. The molecule has 1 aromatic carbocycles. The lowest BCUT2D eigenvalue weighted by molar-refractivity contribution is -0.380. The van der Waals surface area contributed by atoms with Crippen LogP contribution in [0.25, 0.3) is 0 Å². The Bertz CT molecular complexity index is 697. The Morgan fingerprint density at radius 2 is 2.05 bits per heavy atom. The minimum atomic E-state index is -0.526. The molecule has 2 aromatic rings. The topological polar surface area (TPSA) is 90.7 Å². The molecular weight excluding hydrogens is 284 g/mol. The van der Waals surface area contributed by atoms with Crippen LogP contribution in [0.3, 0.4) is 0 Å². The maximum absolute atomic E-state index is 12.0. The lowest BCUT2D eigenvalue weighted by Gasteiger charge is -2.04. The van der Waals surface area contributed by atoms with E-state index in [9.17, 15) is 14.9 Å². The van der Waals surface area contributed by atoms with E-state index in [1.54, 1.807) is 18.2 Å². The van der Waals surface area contributed by atoms with Crippen LogP contribution in [0.15, 0.2) is 30.3 Å². The van der Waals surface area contributed by atoms with E-state index in [0.29, 0.717) is 17.2 Å². The zero-order valence-corrected chi connectivity index (χ0v) is 10.8.